The molecule has 27 heteroatoms. The highest BCUT2D eigenvalue weighted by Crippen LogP contribution is 2.29. The molecular weight excluding hydrogens is 828 g/mol. The number of carbonyl (C=O) groups is 7. The zero-order chi connectivity index (χ0) is 44.7. The zero-order valence-electron chi connectivity index (χ0n) is 31.4. The third kappa shape index (κ3) is 11.6. The topological polar surface area (TPSA) is 437 Å². The summed E-state index contributed by atoms with van der Waals surface area (Å²) in [6.07, 6.45) is -14.7. The summed E-state index contributed by atoms with van der Waals surface area (Å²) in [6, 6.07) is -8.44. The van der Waals surface area contributed by atoms with Crippen LogP contribution >= 0.6 is 0 Å². The molecule has 7 amide bonds. The highest BCUT2D eigenvalue weighted by Gasteiger charge is 2.48. The number of benzene rings is 1. The van der Waals surface area contributed by atoms with E-state index in [1.54, 1.807) is 0 Å². The first kappa shape index (κ1) is 47.6. The number of aromatic hydroxyl groups is 1. The summed E-state index contributed by atoms with van der Waals surface area (Å²) in [4.78, 5) is 95.5. The number of fused-ring (bicyclic) bond motifs is 2. The maximum atomic E-state index is 14.2. The van der Waals surface area contributed by atoms with Crippen LogP contribution < -0.4 is 36.9 Å². The molecule has 13 atom stereocenters. The maximum Gasteiger partial charge on any atom is 0.248 e. The number of rotatable bonds is 9. The van der Waals surface area contributed by atoms with Gasteiger partial charge in [0.1, 0.15) is 47.7 Å². The van der Waals surface area contributed by atoms with Gasteiger partial charge in [-0.05, 0) is 24.1 Å². The average Bonchev–Trinajstić information content (AvgIpc) is 3.76. The number of hydrogen-bond acceptors (Lipinski definition) is 19. The van der Waals surface area contributed by atoms with Crippen LogP contribution in [0.1, 0.15) is 31.2 Å². The van der Waals surface area contributed by atoms with Gasteiger partial charge in [0.05, 0.1) is 43.5 Å². The van der Waals surface area contributed by atoms with Crippen molar-refractivity contribution in [1.82, 2.24) is 31.1 Å². The summed E-state index contributed by atoms with van der Waals surface area (Å²) >= 11 is -3.17. The molecule has 0 spiro atoms. The fraction of sp³-hybridized carbons (Fsp3) is 0.606. The van der Waals surface area contributed by atoms with Crippen LogP contribution in [0, 0.1) is 0 Å². The van der Waals surface area contributed by atoms with Gasteiger partial charge in [0.2, 0.25) is 41.4 Å². The summed E-state index contributed by atoms with van der Waals surface area (Å²) < 4.78 is 26.8. The van der Waals surface area contributed by atoms with Crippen LogP contribution in [-0.4, -0.2) is 193 Å². The van der Waals surface area contributed by atoms with Crippen molar-refractivity contribution in [3.8, 4) is 11.5 Å². The minimum Gasteiger partial charge on any atom is -0.740 e. The molecule has 334 valence electrons. The van der Waals surface area contributed by atoms with Gasteiger partial charge in [-0.15, -0.1) is 0 Å². The van der Waals surface area contributed by atoms with Gasteiger partial charge in [-0.25, -0.2) is 4.21 Å². The molecule has 3 heterocycles. The number of aliphatic hydroxyl groups excluding tert-OH is 7. The second kappa shape index (κ2) is 20.4. The molecule has 4 rings (SSSR count). The number of carbonyl (C=O) groups excluding carboxylic acids is 7. The number of phenols is 1. The predicted octanol–water partition coefficient (Wildman–Crippen LogP) is -9.40. The summed E-state index contributed by atoms with van der Waals surface area (Å²) in [5, 5.41) is 93.5. The third-order valence-electron chi connectivity index (χ3n) is 10.0. The quantitative estimate of drug-likeness (QED) is 0.102. The fourth-order valence-corrected chi connectivity index (χ4v) is 7.25. The first-order chi connectivity index (χ1) is 28.1. The van der Waals surface area contributed by atoms with Gasteiger partial charge >= 0.3 is 0 Å². The Labute approximate surface area is 342 Å². The number of amides is 7. The average molecular weight is 876 g/mol. The van der Waals surface area contributed by atoms with Crippen LogP contribution in [-0.2, 0) is 51.3 Å². The minimum absolute atomic E-state index is 0.0217. The molecule has 3 aliphatic rings. The van der Waals surface area contributed by atoms with E-state index in [0.717, 1.165) is 17.0 Å². The van der Waals surface area contributed by atoms with Gasteiger partial charge in [0.15, 0.2) is 17.7 Å². The Balaban J connectivity index is 1.81. The lowest BCUT2D eigenvalue weighted by Gasteiger charge is -2.33. The predicted molar refractivity (Wildman–Crippen MR) is 195 cm³/mol. The normalized spacial score (nSPS) is 31.7. The molecule has 16 N–H and O–H groups in total. The third-order valence-corrected chi connectivity index (χ3v) is 10.3. The second-order valence-corrected chi connectivity index (χ2v) is 15.0. The van der Waals surface area contributed by atoms with E-state index in [1.165, 1.54) is 6.07 Å². The first-order valence-electron chi connectivity index (χ1n) is 18.3. The molecule has 13 unspecified atom stereocenters. The number of aliphatic hydroxyl groups is 7. The van der Waals surface area contributed by atoms with Gasteiger partial charge < -0.3 is 92.1 Å². The lowest BCUT2D eigenvalue weighted by Crippen LogP contribution is -2.64. The Bertz CT molecular complexity index is 1830. The molecule has 26 nitrogen and oxygen atoms in total. The Morgan fingerprint density at radius 3 is 2.18 bits per heavy atom. The fourth-order valence-electron chi connectivity index (χ4n) is 6.97. The molecule has 1 aromatic carbocycles. The maximum absolute atomic E-state index is 14.2. The molecule has 0 bridgehead atoms. The first-order valence-corrected chi connectivity index (χ1v) is 19.3. The molecule has 3 saturated heterocycles. The van der Waals surface area contributed by atoms with Gasteiger partial charge in [-0.2, -0.15) is 0 Å². The summed E-state index contributed by atoms with van der Waals surface area (Å²) in [6.45, 7) is -2.08. The lowest BCUT2D eigenvalue weighted by atomic mass is 9.98. The molecule has 60 heavy (non-hydrogen) atoms. The van der Waals surface area contributed by atoms with Crippen molar-refractivity contribution in [2.75, 3.05) is 19.7 Å². The van der Waals surface area contributed by atoms with Crippen LogP contribution in [0.2, 0.25) is 0 Å². The lowest BCUT2D eigenvalue weighted by molar-refractivity contribution is -0.148. The molecule has 0 radical (unpaired) electrons. The van der Waals surface area contributed by atoms with E-state index >= 15 is 0 Å². The van der Waals surface area contributed by atoms with Gasteiger partial charge in [-0.1, -0.05) is 6.07 Å². The monoisotopic (exact) mass is 875 g/mol. The van der Waals surface area contributed by atoms with Crippen molar-refractivity contribution in [3.63, 3.8) is 0 Å². The zero-order valence-corrected chi connectivity index (χ0v) is 32.3. The number of nitrogens with two attached hydrogens (primary N) is 2. The Morgan fingerprint density at radius 2 is 1.55 bits per heavy atom. The summed E-state index contributed by atoms with van der Waals surface area (Å²) in [5.41, 5.74) is 11.1. The molecule has 3 aliphatic heterocycles. The highest BCUT2D eigenvalue weighted by molar-refractivity contribution is 7.74. The Morgan fingerprint density at radius 1 is 0.883 bits per heavy atom. The van der Waals surface area contributed by atoms with Crippen molar-refractivity contribution in [3.05, 3.63) is 23.8 Å². The Kier molecular flexibility index (Phi) is 16.2. The molecule has 0 aliphatic carbocycles. The van der Waals surface area contributed by atoms with Crippen LogP contribution in [0.4, 0.5) is 0 Å². The highest BCUT2D eigenvalue weighted by atomic mass is 32.2. The van der Waals surface area contributed by atoms with E-state index in [1.807, 2.05) is 5.32 Å². The van der Waals surface area contributed by atoms with E-state index in [0.29, 0.717) is 4.90 Å². The largest absolute Gasteiger partial charge is 0.740 e. The van der Waals surface area contributed by atoms with E-state index < -0.39 is 183 Å². The van der Waals surface area contributed by atoms with E-state index in [-0.39, 0.29) is 12.0 Å². The second-order valence-electron chi connectivity index (χ2n) is 14.4. The van der Waals surface area contributed by atoms with Crippen molar-refractivity contribution in [1.29, 1.82) is 0 Å². The molecular formula is C33H47N8O18S-. The van der Waals surface area contributed by atoms with Crippen LogP contribution in [0.25, 0.3) is 0 Å². The van der Waals surface area contributed by atoms with E-state index in [9.17, 15) is 83.2 Å². The van der Waals surface area contributed by atoms with Crippen molar-refractivity contribution in [2.24, 2.45) is 11.5 Å². The van der Waals surface area contributed by atoms with Gasteiger partial charge in [-0.3, -0.25) is 33.6 Å². The summed E-state index contributed by atoms with van der Waals surface area (Å²) in [5.74, 6) is -10.1. The number of primary amides is 1. The minimum atomic E-state index is -3.17. The van der Waals surface area contributed by atoms with E-state index in [4.69, 9.17) is 11.5 Å². The van der Waals surface area contributed by atoms with Crippen molar-refractivity contribution >= 4 is 52.7 Å². The summed E-state index contributed by atoms with van der Waals surface area (Å²) in [7, 11) is 0. The van der Waals surface area contributed by atoms with Crippen molar-refractivity contribution < 1.29 is 87.4 Å². The molecule has 0 aromatic heterocycles. The van der Waals surface area contributed by atoms with Gasteiger partial charge in [0.25, 0.3) is 0 Å². The number of nitrogens with one attached hydrogen (secondary N) is 4. The van der Waals surface area contributed by atoms with Crippen LogP contribution in [0.15, 0.2) is 18.2 Å². The molecule has 3 fully saturated rings. The number of nitrogens with zero attached hydrogens (tertiary/aromatic N) is 2. The smallest absolute Gasteiger partial charge is 0.248 e. The Hall–Kier alpha value is -5.10. The van der Waals surface area contributed by atoms with Crippen LogP contribution in [0.5, 0.6) is 11.5 Å². The standard InChI is InChI=1S/C33H48N8O18S/c34-14-8-21(48)29(52)39-31(54)26-18(45)3-4-40(26)33(56)25(20(47)9-23(35)49)38-30(53)24(19(46)5-12-1-2-17(44)22(6-12)59-60(57)58)37-28(51)16-7-13(43)10-41(16)32(55)15(11-42)36-27(14)50/h1-2,6,13-16,18-21,24-26,29,42-48,52H,3-5,7-11,34H2,(H2,35,49)(H,36,50)(H,37,51)(H,38,53)(H,39,54)(H,57,58)/p-1. The molecule has 0 saturated carbocycles. The SMILES string of the molecule is NC(=O)CC(O)C1NC(=O)C(C(O)Cc2ccc(O)c(OS(=O)[O-])c2)NC(=O)C2CC(O)CN2C(=O)C(CO)NC(=O)C(N)CC(O)C(O)NC(=O)C2C(O)CCN2C1=O. The van der Waals surface area contributed by atoms with E-state index in [2.05, 4.69) is 20.1 Å². The number of phenolic OH excluding ortho intramolecular Hbond substituents is 1. The molecule has 1 aromatic rings. The van der Waals surface area contributed by atoms with Gasteiger partial charge in [0, 0.05) is 32.4 Å². The number of hydrogen-bond donors (Lipinski definition) is 14. The van der Waals surface area contributed by atoms with Crippen molar-refractivity contribution in [2.45, 2.75) is 105 Å². The van der Waals surface area contributed by atoms with Crippen LogP contribution in [0.3, 0.4) is 0 Å².